The van der Waals surface area contributed by atoms with Crippen LogP contribution in [-0.2, 0) is 0 Å². The topological polar surface area (TPSA) is 55.8 Å². The molecule has 0 saturated carbocycles. The number of hydrogen-bond donors (Lipinski definition) is 2. The predicted molar refractivity (Wildman–Crippen MR) is 98.8 cm³/mol. The largest absolute Gasteiger partial charge is 0.387 e. The number of aliphatic hydroxyl groups is 1. The third-order valence-electron chi connectivity index (χ3n) is 3.90. The summed E-state index contributed by atoms with van der Waals surface area (Å²) in [6, 6.07) is 15.0. The van der Waals surface area contributed by atoms with Crippen molar-refractivity contribution in [1.82, 2.24) is 5.32 Å². The van der Waals surface area contributed by atoms with Crippen LogP contribution in [0.2, 0.25) is 0 Å². The minimum Gasteiger partial charge on any atom is -0.387 e. The Bertz CT molecular complexity index is 664. The Morgan fingerprint density at radius 3 is 1.83 bits per heavy atom. The van der Waals surface area contributed by atoms with Gasteiger partial charge in [-0.1, -0.05) is 12.1 Å². The molecule has 0 spiro atoms. The fraction of sp³-hybridized carbons (Fsp3) is 0.316. The summed E-state index contributed by atoms with van der Waals surface area (Å²) >= 11 is 0. The third kappa shape index (κ3) is 4.49. The van der Waals surface area contributed by atoms with Crippen molar-refractivity contribution < 1.29 is 9.90 Å². The highest BCUT2D eigenvalue weighted by atomic mass is 16.3. The molecule has 128 valence electrons. The lowest BCUT2D eigenvalue weighted by molar-refractivity contribution is 0.0916. The van der Waals surface area contributed by atoms with Crippen molar-refractivity contribution in [2.24, 2.45) is 0 Å². The molecule has 0 heterocycles. The molecular formula is C19H25N3O2. The fourth-order valence-electron chi connectivity index (χ4n) is 2.31. The predicted octanol–water partition coefficient (Wildman–Crippen LogP) is 2.28. The molecule has 0 aliphatic carbocycles. The summed E-state index contributed by atoms with van der Waals surface area (Å²) in [4.78, 5) is 16.1. The summed E-state index contributed by atoms with van der Waals surface area (Å²) in [5, 5.41) is 13.0. The summed E-state index contributed by atoms with van der Waals surface area (Å²) in [5.74, 6) is -0.190. The van der Waals surface area contributed by atoms with Gasteiger partial charge in [-0.05, 0) is 42.0 Å². The van der Waals surface area contributed by atoms with Gasteiger partial charge in [0.1, 0.15) is 0 Å². The summed E-state index contributed by atoms with van der Waals surface area (Å²) in [6.07, 6.45) is -0.730. The van der Waals surface area contributed by atoms with Gasteiger partial charge in [-0.3, -0.25) is 4.79 Å². The SMILES string of the molecule is CN(C)c1ccc(C(=O)NCC(O)c2ccc(N(C)C)cc2)cc1. The Hall–Kier alpha value is -2.53. The van der Waals surface area contributed by atoms with Crippen LogP contribution in [0.4, 0.5) is 11.4 Å². The highest BCUT2D eigenvalue weighted by Gasteiger charge is 2.11. The van der Waals surface area contributed by atoms with Crippen LogP contribution in [-0.4, -0.2) is 45.7 Å². The van der Waals surface area contributed by atoms with Gasteiger partial charge in [0.05, 0.1) is 6.10 Å². The summed E-state index contributed by atoms with van der Waals surface area (Å²) in [6.45, 7) is 0.176. The first-order chi connectivity index (χ1) is 11.4. The number of carbonyl (C=O) groups is 1. The van der Waals surface area contributed by atoms with E-state index in [0.717, 1.165) is 16.9 Å². The third-order valence-corrected chi connectivity index (χ3v) is 3.90. The van der Waals surface area contributed by atoms with Gasteiger partial charge < -0.3 is 20.2 Å². The summed E-state index contributed by atoms with van der Waals surface area (Å²) in [5.41, 5.74) is 3.46. The molecule has 0 aliphatic rings. The Kier molecular flexibility index (Phi) is 5.82. The number of nitrogens with one attached hydrogen (secondary N) is 1. The van der Waals surface area contributed by atoms with E-state index in [-0.39, 0.29) is 12.5 Å². The molecule has 0 aromatic heterocycles. The first-order valence-corrected chi connectivity index (χ1v) is 7.89. The quantitative estimate of drug-likeness (QED) is 0.855. The zero-order chi connectivity index (χ0) is 17.7. The molecule has 2 N–H and O–H groups in total. The Morgan fingerprint density at radius 2 is 1.38 bits per heavy atom. The van der Waals surface area contributed by atoms with Crippen LogP contribution in [0.1, 0.15) is 22.0 Å². The van der Waals surface area contributed by atoms with Crippen LogP contribution in [0.25, 0.3) is 0 Å². The maximum Gasteiger partial charge on any atom is 0.251 e. The zero-order valence-corrected chi connectivity index (χ0v) is 14.7. The van der Waals surface area contributed by atoms with E-state index in [1.54, 1.807) is 12.1 Å². The van der Waals surface area contributed by atoms with Crippen molar-refractivity contribution in [1.29, 1.82) is 0 Å². The first-order valence-electron chi connectivity index (χ1n) is 7.89. The van der Waals surface area contributed by atoms with Crippen molar-refractivity contribution in [2.45, 2.75) is 6.10 Å². The van der Waals surface area contributed by atoms with Gasteiger partial charge in [0.2, 0.25) is 0 Å². The standard InChI is InChI=1S/C19H25N3O2/c1-21(2)16-9-5-14(6-10-16)18(23)13-20-19(24)15-7-11-17(12-8-15)22(3)4/h5-12,18,23H,13H2,1-4H3,(H,20,24). The van der Waals surface area contributed by atoms with Gasteiger partial charge in [-0.2, -0.15) is 0 Å². The number of nitrogens with zero attached hydrogens (tertiary/aromatic N) is 2. The van der Waals surface area contributed by atoms with Crippen molar-refractivity contribution >= 4 is 17.3 Å². The number of carbonyl (C=O) groups excluding carboxylic acids is 1. The van der Waals surface area contributed by atoms with Crippen LogP contribution in [0.3, 0.4) is 0 Å². The van der Waals surface area contributed by atoms with Crippen LogP contribution in [0.15, 0.2) is 48.5 Å². The maximum absolute atomic E-state index is 12.2. The molecule has 1 atom stereocenters. The van der Waals surface area contributed by atoms with Crippen molar-refractivity contribution in [3.8, 4) is 0 Å². The number of aliphatic hydroxyl groups excluding tert-OH is 1. The van der Waals surface area contributed by atoms with Gasteiger partial charge in [0.15, 0.2) is 0 Å². The van der Waals surface area contributed by atoms with Crippen molar-refractivity contribution in [3.05, 3.63) is 59.7 Å². The molecule has 5 nitrogen and oxygen atoms in total. The van der Waals surface area contributed by atoms with Gasteiger partial charge in [-0.25, -0.2) is 0 Å². The Balaban J connectivity index is 1.92. The summed E-state index contributed by atoms with van der Waals surface area (Å²) < 4.78 is 0. The van der Waals surface area contributed by atoms with Gasteiger partial charge >= 0.3 is 0 Å². The van der Waals surface area contributed by atoms with Crippen molar-refractivity contribution in [2.75, 3.05) is 44.5 Å². The van der Waals surface area contributed by atoms with Gasteiger partial charge in [0.25, 0.3) is 5.91 Å². The van der Waals surface area contributed by atoms with Gasteiger partial charge in [-0.15, -0.1) is 0 Å². The molecule has 24 heavy (non-hydrogen) atoms. The highest BCUT2D eigenvalue weighted by molar-refractivity contribution is 5.94. The molecular weight excluding hydrogens is 302 g/mol. The molecule has 2 aromatic rings. The molecule has 5 heteroatoms. The minimum absolute atomic E-state index is 0.176. The van der Waals surface area contributed by atoms with E-state index in [4.69, 9.17) is 0 Å². The molecule has 0 saturated heterocycles. The number of anilines is 2. The number of rotatable bonds is 6. The minimum atomic E-state index is -0.730. The van der Waals surface area contributed by atoms with E-state index in [1.165, 1.54) is 0 Å². The second-order valence-corrected chi connectivity index (χ2v) is 6.15. The number of amides is 1. The highest BCUT2D eigenvalue weighted by Crippen LogP contribution is 2.18. The van der Waals surface area contributed by atoms with Crippen LogP contribution < -0.4 is 15.1 Å². The Labute approximate surface area is 143 Å². The zero-order valence-electron chi connectivity index (χ0n) is 14.7. The lowest BCUT2D eigenvalue weighted by Crippen LogP contribution is -2.28. The van der Waals surface area contributed by atoms with E-state index < -0.39 is 6.10 Å². The van der Waals surface area contributed by atoms with E-state index >= 15 is 0 Å². The fourth-order valence-corrected chi connectivity index (χ4v) is 2.31. The molecule has 0 fully saturated rings. The molecule has 2 aromatic carbocycles. The molecule has 1 unspecified atom stereocenters. The molecule has 0 aliphatic heterocycles. The molecule has 0 bridgehead atoms. The number of hydrogen-bond acceptors (Lipinski definition) is 4. The van der Waals surface area contributed by atoms with E-state index in [2.05, 4.69) is 5.32 Å². The smallest absolute Gasteiger partial charge is 0.251 e. The van der Waals surface area contributed by atoms with Crippen LogP contribution in [0.5, 0.6) is 0 Å². The Morgan fingerprint density at radius 1 is 0.917 bits per heavy atom. The normalized spacial score (nSPS) is 11.7. The lowest BCUT2D eigenvalue weighted by Gasteiger charge is -2.16. The maximum atomic E-state index is 12.2. The van der Waals surface area contributed by atoms with Crippen LogP contribution >= 0.6 is 0 Å². The average molecular weight is 327 g/mol. The van der Waals surface area contributed by atoms with E-state index in [1.807, 2.05) is 74.4 Å². The lowest BCUT2D eigenvalue weighted by atomic mass is 10.1. The van der Waals surface area contributed by atoms with Gasteiger partial charge in [0, 0.05) is 51.7 Å². The summed E-state index contributed by atoms with van der Waals surface area (Å²) in [7, 11) is 7.83. The van der Waals surface area contributed by atoms with Crippen LogP contribution in [0, 0.1) is 0 Å². The van der Waals surface area contributed by atoms with E-state index in [0.29, 0.717) is 5.56 Å². The molecule has 2 rings (SSSR count). The molecule has 1 amide bonds. The molecule has 0 radical (unpaired) electrons. The second-order valence-electron chi connectivity index (χ2n) is 6.15. The van der Waals surface area contributed by atoms with E-state index in [9.17, 15) is 9.90 Å². The van der Waals surface area contributed by atoms with Crippen molar-refractivity contribution in [3.63, 3.8) is 0 Å². The second kappa shape index (κ2) is 7.84. The first kappa shape index (κ1) is 17.8. The number of benzene rings is 2. The average Bonchev–Trinajstić information content (AvgIpc) is 2.59. The monoisotopic (exact) mass is 327 g/mol.